The van der Waals surface area contributed by atoms with Crippen molar-refractivity contribution < 1.29 is 14.3 Å². The van der Waals surface area contributed by atoms with Crippen LogP contribution in [0.3, 0.4) is 0 Å². The maximum absolute atomic E-state index is 12.0. The number of esters is 1. The van der Waals surface area contributed by atoms with Crippen LogP contribution in [0, 0.1) is 0 Å². The van der Waals surface area contributed by atoms with Crippen LogP contribution < -0.4 is 11.1 Å². The molecule has 1 aliphatic carbocycles. The number of hydrogen-bond acceptors (Lipinski definition) is 6. The molecule has 0 bridgehead atoms. The fraction of sp³-hybridized carbons (Fsp3) is 0.692. The zero-order valence-corrected chi connectivity index (χ0v) is 12.2. The Morgan fingerprint density at radius 1 is 1.43 bits per heavy atom. The quantitative estimate of drug-likeness (QED) is 0.692. The van der Waals surface area contributed by atoms with E-state index < -0.39 is 5.97 Å². The van der Waals surface area contributed by atoms with Crippen molar-refractivity contribution in [3.63, 3.8) is 0 Å². The van der Waals surface area contributed by atoms with Gasteiger partial charge in [0.15, 0.2) is 5.69 Å². The van der Waals surface area contributed by atoms with Gasteiger partial charge in [-0.3, -0.25) is 4.79 Å². The summed E-state index contributed by atoms with van der Waals surface area (Å²) in [5.74, 6) is -0.692. The fourth-order valence-corrected chi connectivity index (χ4v) is 2.58. The summed E-state index contributed by atoms with van der Waals surface area (Å²) in [5.41, 5.74) is 6.20. The van der Waals surface area contributed by atoms with Crippen molar-refractivity contribution in [3.05, 3.63) is 11.4 Å². The molecule has 0 aliphatic heterocycles. The van der Waals surface area contributed by atoms with Gasteiger partial charge in [-0.2, -0.15) is 0 Å². The van der Waals surface area contributed by atoms with Gasteiger partial charge >= 0.3 is 5.97 Å². The molecule has 0 atom stereocenters. The first-order valence-electron chi connectivity index (χ1n) is 7.15. The SMILES string of the molecule is COC(=O)c1nnn(CC(=O)NC2CCCC2)c1CCN. The largest absolute Gasteiger partial charge is 0.464 e. The van der Waals surface area contributed by atoms with Gasteiger partial charge in [-0.1, -0.05) is 18.1 Å². The van der Waals surface area contributed by atoms with E-state index in [1.165, 1.54) is 11.8 Å². The van der Waals surface area contributed by atoms with E-state index in [4.69, 9.17) is 5.73 Å². The standard InChI is InChI=1S/C13H21N5O3/c1-21-13(20)12-10(6-7-14)18(17-16-12)8-11(19)15-9-4-2-3-5-9/h9H,2-8,14H2,1H3,(H,15,19). The Balaban J connectivity index is 2.05. The molecule has 0 spiro atoms. The maximum atomic E-state index is 12.0. The third kappa shape index (κ3) is 3.78. The minimum Gasteiger partial charge on any atom is -0.464 e. The molecule has 1 amide bonds. The van der Waals surface area contributed by atoms with E-state index in [2.05, 4.69) is 20.4 Å². The predicted molar refractivity (Wildman–Crippen MR) is 74.5 cm³/mol. The monoisotopic (exact) mass is 295 g/mol. The average Bonchev–Trinajstić information content (AvgIpc) is 3.09. The highest BCUT2D eigenvalue weighted by Gasteiger charge is 2.22. The number of amides is 1. The Labute approximate surface area is 123 Å². The van der Waals surface area contributed by atoms with E-state index in [-0.39, 0.29) is 24.2 Å². The van der Waals surface area contributed by atoms with Crippen LogP contribution in [0.5, 0.6) is 0 Å². The number of hydrogen-bond donors (Lipinski definition) is 2. The van der Waals surface area contributed by atoms with Crippen LogP contribution in [0.15, 0.2) is 0 Å². The van der Waals surface area contributed by atoms with Gasteiger partial charge in [-0.25, -0.2) is 9.48 Å². The van der Waals surface area contributed by atoms with Gasteiger partial charge in [0, 0.05) is 12.5 Å². The molecule has 21 heavy (non-hydrogen) atoms. The lowest BCUT2D eigenvalue weighted by Crippen LogP contribution is -2.35. The topological polar surface area (TPSA) is 112 Å². The number of nitrogens with two attached hydrogens (primary N) is 1. The van der Waals surface area contributed by atoms with Gasteiger partial charge in [0.1, 0.15) is 6.54 Å². The van der Waals surface area contributed by atoms with E-state index in [0.29, 0.717) is 18.7 Å². The molecule has 0 unspecified atom stereocenters. The lowest BCUT2D eigenvalue weighted by Gasteiger charge is -2.12. The first-order valence-corrected chi connectivity index (χ1v) is 7.15. The summed E-state index contributed by atoms with van der Waals surface area (Å²) >= 11 is 0. The molecule has 2 rings (SSSR count). The predicted octanol–water partition coefficient (Wildman–Crippen LogP) is -0.375. The van der Waals surface area contributed by atoms with Crippen LogP contribution in [0.25, 0.3) is 0 Å². The highest BCUT2D eigenvalue weighted by Crippen LogP contribution is 2.17. The molecule has 8 nitrogen and oxygen atoms in total. The lowest BCUT2D eigenvalue weighted by atomic mass is 10.2. The third-order valence-electron chi connectivity index (χ3n) is 3.61. The number of rotatable bonds is 6. The van der Waals surface area contributed by atoms with Gasteiger partial charge in [0.25, 0.3) is 0 Å². The second-order valence-corrected chi connectivity index (χ2v) is 5.12. The first-order chi connectivity index (χ1) is 10.2. The molecular weight excluding hydrogens is 274 g/mol. The molecule has 8 heteroatoms. The number of nitrogens with one attached hydrogen (secondary N) is 1. The summed E-state index contributed by atoms with van der Waals surface area (Å²) in [5, 5.41) is 10.6. The Hall–Kier alpha value is -1.96. The van der Waals surface area contributed by atoms with Crippen molar-refractivity contribution in [1.29, 1.82) is 0 Å². The van der Waals surface area contributed by atoms with Crippen LogP contribution in [0.2, 0.25) is 0 Å². The fourth-order valence-electron chi connectivity index (χ4n) is 2.58. The minimum absolute atomic E-state index is 0.0375. The molecule has 1 heterocycles. The van der Waals surface area contributed by atoms with Crippen molar-refractivity contribution in [3.8, 4) is 0 Å². The van der Waals surface area contributed by atoms with Crippen LogP contribution in [0.4, 0.5) is 0 Å². The summed E-state index contributed by atoms with van der Waals surface area (Å²) in [6.45, 7) is 0.372. The number of methoxy groups -OCH3 is 1. The highest BCUT2D eigenvalue weighted by molar-refractivity contribution is 5.88. The minimum atomic E-state index is -0.569. The zero-order chi connectivity index (χ0) is 15.2. The van der Waals surface area contributed by atoms with Gasteiger partial charge in [0.05, 0.1) is 12.8 Å². The summed E-state index contributed by atoms with van der Waals surface area (Å²) in [6.07, 6.45) is 4.75. The smallest absolute Gasteiger partial charge is 0.360 e. The van der Waals surface area contributed by atoms with Crippen LogP contribution in [-0.4, -0.2) is 46.6 Å². The van der Waals surface area contributed by atoms with Gasteiger partial charge in [-0.15, -0.1) is 5.10 Å². The van der Waals surface area contributed by atoms with Crippen LogP contribution >= 0.6 is 0 Å². The number of ether oxygens (including phenoxy) is 1. The molecule has 116 valence electrons. The molecule has 1 aromatic heterocycles. The van der Waals surface area contributed by atoms with E-state index >= 15 is 0 Å². The number of carbonyl (C=O) groups is 2. The Bertz CT molecular complexity index is 508. The Kier molecular flexibility index (Phi) is 5.26. The Morgan fingerprint density at radius 3 is 2.76 bits per heavy atom. The second kappa shape index (κ2) is 7.16. The molecular formula is C13H21N5O3. The second-order valence-electron chi connectivity index (χ2n) is 5.12. The van der Waals surface area contributed by atoms with Crippen molar-refractivity contribution >= 4 is 11.9 Å². The molecule has 1 aromatic rings. The van der Waals surface area contributed by atoms with E-state index in [9.17, 15) is 9.59 Å². The van der Waals surface area contributed by atoms with Gasteiger partial charge in [0.2, 0.25) is 5.91 Å². The Morgan fingerprint density at radius 2 is 2.14 bits per heavy atom. The normalized spacial score (nSPS) is 15.1. The number of carbonyl (C=O) groups excluding carboxylic acids is 2. The highest BCUT2D eigenvalue weighted by atomic mass is 16.5. The molecule has 0 saturated heterocycles. The number of nitrogens with zero attached hydrogens (tertiary/aromatic N) is 3. The molecule has 1 saturated carbocycles. The zero-order valence-electron chi connectivity index (χ0n) is 12.2. The van der Waals surface area contributed by atoms with Crippen molar-refractivity contribution in [2.75, 3.05) is 13.7 Å². The molecule has 1 aliphatic rings. The third-order valence-corrected chi connectivity index (χ3v) is 3.61. The van der Waals surface area contributed by atoms with Crippen molar-refractivity contribution in [1.82, 2.24) is 20.3 Å². The average molecular weight is 295 g/mol. The summed E-state index contributed by atoms with van der Waals surface area (Å²) in [4.78, 5) is 23.6. The van der Waals surface area contributed by atoms with Crippen molar-refractivity contribution in [2.45, 2.75) is 44.7 Å². The van der Waals surface area contributed by atoms with Crippen molar-refractivity contribution in [2.24, 2.45) is 5.73 Å². The van der Waals surface area contributed by atoms with E-state index in [1.807, 2.05) is 0 Å². The lowest BCUT2D eigenvalue weighted by molar-refractivity contribution is -0.122. The van der Waals surface area contributed by atoms with Crippen LogP contribution in [0.1, 0.15) is 41.9 Å². The van der Waals surface area contributed by atoms with E-state index in [1.54, 1.807) is 0 Å². The molecule has 3 N–H and O–H groups in total. The first kappa shape index (κ1) is 15.4. The van der Waals surface area contributed by atoms with Crippen LogP contribution in [-0.2, 0) is 22.5 Å². The van der Waals surface area contributed by atoms with E-state index in [0.717, 1.165) is 25.7 Å². The summed E-state index contributed by atoms with van der Waals surface area (Å²) < 4.78 is 6.07. The maximum Gasteiger partial charge on any atom is 0.360 e. The van der Waals surface area contributed by atoms with Gasteiger partial charge in [-0.05, 0) is 19.4 Å². The summed E-state index contributed by atoms with van der Waals surface area (Å²) in [6, 6.07) is 0.249. The number of aromatic nitrogens is 3. The molecule has 1 fully saturated rings. The molecule has 0 radical (unpaired) electrons. The van der Waals surface area contributed by atoms with Gasteiger partial charge < -0.3 is 15.8 Å². The molecule has 0 aromatic carbocycles. The summed E-state index contributed by atoms with van der Waals surface area (Å²) in [7, 11) is 1.28.